The number of allylic oxidation sites excluding steroid dienone is 4. The molecule has 1 aromatic carbocycles. The van der Waals surface area contributed by atoms with Crippen LogP contribution in [-0.4, -0.2) is 52.8 Å². The third kappa shape index (κ3) is 4.81. The van der Waals surface area contributed by atoms with E-state index in [9.17, 15) is 4.79 Å². The van der Waals surface area contributed by atoms with Crippen LogP contribution in [0.1, 0.15) is 74.7 Å². The molecule has 0 aliphatic carbocycles. The topological polar surface area (TPSA) is 56.6 Å². The Bertz CT molecular complexity index is 1170. The molecule has 6 heteroatoms. The first-order valence-electron chi connectivity index (χ1n) is 12.7. The van der Waals surface area contributed by atoms with E-state index in [2.05, 4.69) is 57.4 Å². The average Bonchev–Trinajstić information content (AvgIpc) is 3.21. The summed E-state index contributed by atoms with van der Waals surface area (Å²) in [5.74, 6) is 2.26. The molecule has 2 aromatic rings. The number of nitrogens with zero attached hydrogens (tertiary/aromatic N) is 3. The predicted octanol–water partition coefficient (Wildman–Crippen LogP) is 5.41. The molecule has 0 saturated carbocycles. The summed E-state index contributed by atoms with van der Waals surface area (Å²) in [6, 6.07) is 4.43. The number of imidazole rings is 1. The maximum absolute atomic E-state index is 13.9. The van der Waals surface area contributed by atoms with Gasteiger partial charge in [0.05, 0.1) is 37.2 Å². The summed E-state index contributed by atoms with van der Waals surface area (Å²) in [7, 11) is 1.74. The zero-order valence-corrected chi connectivity index (χ0v) is 22.3. The summed E-state index contributed by atoms with van der Waals surface area (Å²) < 4.78 is 13.6. The summed E-state index contributed by atoms with van der Waals surface area (Å²) in [4.78, 5) is 20.9. The van der Waals surface area contributed by atoms with Crippen LogP contribution < -0.4 is 4.74 Å². The zero-order valence-electron chi connectivity index (χ0n) is 22.3. The van der Waals surface area contributed by atoms with E-state index >= 15 is 0 Å². The normalized spacial score (nSPS) is 17.6. The fraction of sp³-hybridized carbons (Fsp3) is 0.517. The molecule has 0 spiro atoms. The number of aromatic nitrogens is 2. The Kier molecular flexibility index (Phi) is 7.22. The Morgan fingerprint density at radius 3 is 2.71 bits per heavy atom. The van der Waals surface area contributed by atoms with Crippen molar-refractivity contribution in [1.82, 2.24) is 14.5 Å². The smallest absolute Gasteiger partial charge is 0.274 e. The van der Waals surface area contributed by atoms with Gasteiger partial charge in [-0.05, 0) is 81.7 Å². The van der Waals surface area contributed by atoms with Gasteiger partial charge in [0.15, 0.2) is 5.69 Å². The highest BCUT2D eigenvalue weighted by Crippen LogP contribution is 2.37. The molecule has 188 valence electrons. The van der Waals surface area contributed by atoms with Crippen molar-refractivity contribution in [2.45, 2.75) is 66.3 Å². The van der Waals surface area contributed by atoms with Gasteiger partial charge in [-0.2, -0.15) is 0 Å². The van der Waals surface area contributed by atoms with E-state index in [1.807, 2.05) is 24.0 Å². The third-order valence-electron chi connectivity index (χ3n) is 6.94. The van der Waals surface area contributed by atoms with Crippen LogP contribution in [0.4, 0.5) is 0 Å². The van der Waals surface area contributed by atoms with Crippen molar-refractivity contribution < 1.29 is 14.3 Å². The Balaban J connectivity index is 1.91. The summed E-state index contributed by atoms with van der Waals surface area (Å²) in [5, 5.41) is 0. The molecule has 1 aromatic heterocycles. The Morgan fingerprint density at radius 1 is 1.29 bits per heavy atom. The molecule has 35 heavy (non-hydrogen) atoms. The average molecular weight is 478 g/mol. The van der Waals surface area contributed by atoms with Gasteiger partial charge >= 0.3 is 0 Å². The van der Waals surface area contributed by atoms with Crippen molar-refractivity contribution in [2.24, 2.45) is 5.92 Å². The van der Waals surface area contributed by atoms with Crippen LogP contribution in [0, 0.1) is 5.92 Å². The number of morpholine rings is 1. The largest absolute Gasteiger partial charge is 0.496 e. The number of ether oxygens (including phenoxy) is 2. The van der Waals surface area contributed by atoms with Gasteiger partial charge in [-0.1, -0.05) is 32.1 Å². The predicted molar refractivity (Wildman–Crippen MR) is 140 cm³/mol. The van der Waals surface area contributed by atoms with Crippen LogP contribution in [0.15, 0.2) is 30.4 Å². The number of hydrogen-bond acceptors (Lipinski definition) is 4. The standard InChI is InChI=1S/C29H39N3O3/c1-8-9-10-20(4)27-30-26(28(33)31-13-14-35-18-29(31,5)6)23-12-11-21-17-25(34-7)22(15-19(2)3)16-24(21)32(23)27/h8-10,16-17,19H,11-15,18H2,1-7H3/b9-8-,20-10+. The Hall–Kier alpha value is -2.86. The van der Waals surface area contributed by atoms with Crippen LogP contribution in [0.2, 0.25) is 0 Å². The number of methoxy groups -OCH3 is 1. The van der Waals surface area contributed by atoms with Crippen molar-refractivity contribution in [1.29, 1.82) is 0 Å². The molecule has 1 saturated heterocycles. The maximum atomic E-state index is 13.9. The lowest BCUT2D eigenvalue weighted by Gasteiger charge is -2.41. The van der Waals surface area contributed by atoms with Gasteiger partial charge in [0, 0.05) is 6.54 Å². The molecule has 4 rings (SSSR count). The van der Waals surface area contributed by atoms with E-state index in [4.69, 9.17) is 14.5 Å². The number of hydrogen-bond donors (Lipinski definition) is 0. The quantitative estimate of drug-likeness (QED) is 0.522. The molecule has 6 nitrogen and oxygen atoms in total. The molecule has 0 atom stereocenters. The fourth-order valence-corrected chi connectivity index (χ4v) is 5.16. The second-order valence-corrected chi connectivity index (χ2v) is 10.7. The lowest BCUT2D eigenvalue weighted by Crippen LogP contribution is -2.55. The summed E-state index contributed by atoms with van der Waals surface area (Å²) >= 11 is 0. The highest BCUT2D eigenvalue weighted by atomic mass is 16.5. The third-order valence-corrected chi connectivity index (χ3v) is 6.94. The van der Waals surface area contributed by atoms with Crippen molar-refractivity contribution in [2.75, 3.05) is 26.9 Å². The number of aryl methyl sites for hydroxylation is 1. The SMILES string of the molecule is C/C=C\C=C(/C)c1nc(C(=O)N2CCOCC2(C)C)c2n1-c1cc(CC(C)C)c(OC)cc1CC2. The van der Waals surface area contributed by atoms with E-state index < -0.39 is 0 Å². The summed E-state index contributed by atoms with van der Waals surface area (Å²) in [6.45, 7) is 14.3. The molecule has 0 radical (unpaired) electrons. The van der Waals surface area contributed by atoms with Crippen LogP contribution in [0.5, 0.6) is 5.75 Å². The minimum Gasteiger partial charge on any atom is -0.496 e. The summed E-state index contributed by atoms with van der Waals surface area (Å²) in [5.41, 5.74) is 5.74. The molecule has 1 amide bonds. The van der Waals surface area contributed by atoms with E-state index in [0.717, 1.165) is 47.8 Å². The minimum absolute atomic E-state index is 0.00787. The molecule has 0 N–H and O–H groups in total. The van der Waals surface area contributed by atoms with Crippen LogP contribution in [0.25, 0.3) is 11.3 Å². The number of fused-ring (bicyclic) bond motifs is 3. The number of benzene rings is 1. The van der Waals surface area contributed by atoms with Crippen molar-refractivity contribution in [3.63, 3.8) is 0 Å². The number of amides is 1. The first-order chi connectivity index (χ1) is 16.7. The van der Waals surface area contributed by atoms with Crippen molar-refractivity contribution >= 4 is 11.5 Å². The molecule has 3 heterocycles. The van der Waals surface area contributed by atoms with Gasteiger partial charge < -0.3 is 14.4 Å². The van der Waals surface area contributed by atoms with Crippen LogP contribution >= 0.6 is 0 Å². The van der Waals surface area contributed by atoms with Gasteiger partial charge in [0.1, 0.15) is 11.6 Å². The Labute approximate surface area is 209 Å². The van der Waals surface area contributed by atoms with Crippen LogP contribution in [0.3, 0.4) is 0 Å². The van der Waals surface area contributed by atoms with Gasteiger partial charge in [0.2, 0.25) is 0 Å². The van der Waals surface area contributed by atoms with Gasteiger partial charge in [-0.15, -0.1) is 0 Å². The summed E-state index contributed by atoms with van der Waals surface area (Å²) in [6.07, 6.45) is 8.63. The maximum Gasteiger partial charge on any atom is 0.274 e. The number of carbonyl (C=O) groups is 1. The lowest BCUT2D eigenvalue weighted by atomic mass is 9.94. The van der Waals surface area contributed by atoms with Gasteiger partial charge in [0.25, 0.3) is 5.91 Å². The molecule has 0 bridgehead atoms. The number of carbonyl (C=O) groups excluding carboxylic acids is 1. The minimum atomic E-state index is -0.369. The van der Waals surface area contributed by atoms with Gasteiger partial charge in [-0.3, -0.25) is 9.36 Å². The highest BCUT2D eigenvalue weighted by Gasteiger charge is 2.38. The number of rotatable bonds is 6. The van der Waals surface area contributed by atoms with E-state index in [1.54, 1.807) is 7.11 Å². The van der Waals surface area contributed by atoms with E-state index in [0.29, 0.717) is 31.4 Å². The second-order valence-electron chi connectivity index (χ2n) is 10.7. The first-order valence-corrected chi connectivity index (χ1v) is 12.7. The molecule has 0 unspecified atom stereocenters. The Morgan fingerprint density at radius 2 is 2.06 bits per heavy atom. The highest BCUT2D eigenvalue weighted by molar-refractivity contribution is 5.95. The monoisotopic (exact) mass is 477 g/mol. The molecular formula is C29H39N3O3. The van der Waals surface area contributed by atoms with Crippen molar-refractivity contribution in [3.05, 3.63) is 58.7 Å². The van der Waals surface area contributed by atoms with Crippen molar-refractivity contribution in [3.8, 4) is 11.4 Å². The molecule has 2 aliphatic heterocycles. The van der Waals surface area contributed by atoms with E-state index in [-0.39, 0.29) is 11.4 Å². The lowest BCUT2D eigenvalue weighted by molar-refractivity contribution is -0.0373. The first kappa shape index (κ1) is 25.2. The molecular weight excluding hydrogens is 438 g/mol. The molecule has 1 fully saturated rings. The molecule has 2 aliphatic rings. The van der Waals surface area contributed by atoms with Gasteiger partial charge in [-0.25, -0.2) is 4.98 Å². The van der Waals surface area contributed by atoms with Crippen LogP contribution in [-0.2, 0) is 24.0 Å². The van der Waals surface area contributed by atoms with E-state index in [1.165, 1.54) is 11.1 Å². The zero-order chi connectivity index (χ0) is 25.3. The fourth-order valence-electron chi connectivity index (χ4n) is 5.16. The second kappa shape index (κ2) is 10.0.